The van der Waals surface area contributed by atoms with Gasteiger partial charge in [-0.15, -0.1) is 0 Å². The Labute approximate surface area is 101 Å². The van der Waals surface area contributed by atoms with Gasteiger partial charge in [-0.05, 0) is 65.5 Å². The smallest absolute Gasteiger partial charge is 0.0156 e. The summed E-state index contributed by atoms with van der Waals surface area (Å²) in [6, 6.07) is 1.65. The van der Waals surface area contributed by atoms with Gasteiger partial charge in [0, 0.05) is 17.6 Å². The lowest BCUT2D eigenvalue weighted by atomic mass is 10.00. The molecule has 0 spiro atoms. The van der Waals surface area contributed by atoms with Crippen molar-refractivity contribution in [2.24, 2.45) is 0 Å². The SMILES string of the molecule is CCCNC1CCC(N2CCCC2(C)C)C1. The molecule has 1 aliphatic heterocycles. The fourth-order valence-corrected chi connectivity index (χ4v) is 3.58. The van der Waals surface area contributed by atoms with Crippen LogP contribution in [0, 0.1) is 0 Å². The van der Waals surface area contributed by atoms with E-state index in [4.69, 9.17) is 0 Å². The average molecular weight is 224 g/mol. The molecule has 0 bridgehead atoms. The summed E-state index contributed by atoms with van der Waals surface area (Å²) in [6.45, 7) is 9.63. The molecule has 1 aliphatic carbocycles. The quantitative estimate of drug-likeness (QED) is 0.790. The highest BCUT2D eigenvalue weighted by Gasteiger charge is 2.39. The Morgan fingerprint density at radius 2 is 2.12 bits per heavy atom. The van der Waals surface area contributed by atoms with Gasteiger partial charge in [0.05, 0.1) is 0 Å². The summed E-state index contributed by atoms with van der Waals surface area (Å²) in [7, 11) is 0. The molecule has 16 heavy (non-hydrogen) atoms. The predicted octanol–water partition coefficient (Wildman–Crippen LogP) is 2.78. The number of nitrogens with zero attached hydrogens (tertiary/aromatic N) is 1. The van der Waals surface area contributed by atoms with Crippen LogP contribution in [0.2, 0.25) is 0 Å². The van der Waals surface area contributed by atoms with E-state index in [2.05, 4.69) is 31.0 Å². The summed E-state index contributed by atoms with van der Waals surface area (Å²) in [5, 5.41) is 3.69. The number of hydrogen-bond acceptors (Lipinski definition) is 2. The van der Waals surface area contributed by atoms with Crippen LogP contribution in [0.3, 0.4) is 0 Å². The average Bonchev–Trinajstić information content (AvgIpc) is 2.81. The summed E-state index contributed by atoms with van der Waals surface area (Å²) in [5.74, 6) is 0. The molecule has 2 heteroatoms. The normalized spacial score (nSPS) is 34.7. The second-order valence-corrected chi connectivity index (χ2v) is 6.23. The van der Waals surface area contributed by atoms with E-state index < -0.39 is 0 Å². The lowest BCUT2D eigenvalue weighted by Gasteiger charge is -2.36. The lowest BCUT2D eigenvalue weighted by molar-refractivity contribution is 0.116. The minimum absolute atomic E-state index is 0.463. The standard InChI is InChI=1S/C14H28N2/c1-4-9-15-12-6-7-13(11-12)16-10-5-8-14(16,2)3/h12-13,15H,4-11H2,1-3H3. The maximum absolute atomic E-state index is 3.69. The Bertz CT molecular complexity index is 225. The van der Waals surface area contributed by atoms with Crippen molar-refractivity contribution in [1.29, 1.82) is 0 Å². The van der Waals surface area contributed by atoms with Gasteiger partial charge >= 0.3 is 0 Å². The highest BCUT2D eigenvalue weighted by Crippen LogP contribution is 2.36. The van der Waals surface area contributed by atoms with Gasteiger partial charge in [-0.25, -0.2) is 0 Å². The van der Waals surface area contributed by atoms with E-state index in [1.807, 2.05) is 0 Å². The van der Waals surface area contributed by atoms with Crippen molar-refractivity contribution < 1.29 is 0 Å². The van der Waals surface area contributed by atoms with E-state index in [1.54, 1.807) is 0 Å². The van der Waals surface area contributed by atoms with Crippen molar-refractivity contribution in [3.63, 3.8) is 0 Å². The third-order valence-corrected chi connectivity index (χ3v) is 4.49. The molecule has 94 valence electrons. The van der Waals surface area contributed by atoms with Crippen LogP contribution in [0.1, 0.15) is 59.3 Å². The molecule has 1 N–H and O–H groups in total. The Morgan fingerprint density at radius 3 is 2.75 bits per heavy atom. The maximum atomic E-state index is 3.69. The summed E-state index contributed by atoms with van der Waals surface area (Å²) >= 11 is 0. The van der Waals surface area contributed by atoms with E-state index >= 15 is 0 Å². The summed E-state index contributed by atoms with van der Waals surface area (Å²) in [4.78, 5) is 2.78. The molecule has 1 heterocycles. The molecule has 1 saturated heterocycles. The van der Waals surface area contributed by atoms with Gasteiger partial charge in [-0.1, -0.05) is 6.92 Å². The first-order chi connectivity index (χ1) is 7.63. The molecule has 2 aliphatic rings. The van der Waals surface area contributed by atoms with Crippen LogP contribution in [0.15, 0.2) is 0 Å². The highest BCUT2D eigenvalue weighted by molar-refractivity contribution is 4.96. The molecular weight excluding hydrogens is 196 g/mol. The van der Waals surface area contributed by atoms with Gasteiger partial charge in [0.1, 0.15) is 0 Å². The van der Waals surface area contributed by atoms with Crippen LogP contribution in [-0.2, 0) is 0 Å². The molecule has 2 unspecified atom stereocenters. The van der Waals surface area contributed by atoms with Gasteiger partial charge < -0.3 is 5.32 Å². The molecule has 0 aromatic rings. The van der Waals surface area contributed by atoms with Crippen molar-refractivity contribution in [3.8, 4) is 0 Å². The molecule has 2 nitrogen and oxygen atoms in total. The van der Waals surface area contributed by atoms with Crippen molar-refractivity contribution in [1.82, 2.24) is 10.2 Å². The van der Waals surface area contributed by atoms with Crippen LogP contribution in [0.25, 0.3) is 0 Å². The van der Waals surface area contributed by atoms with Crippen molar-refractivity contribution >= 4 is 0 Å². The molecule has 2 atom stereocenters. The first kappa shape index (κ1) is 12.4. The van der Waals surface area contributed by atoms with Crippen molar-refractivity contribution in [2.75, 3.05) is 13.1 Å². The first-order valence-corrected chi connectivity index (χ1v) is 7.13. The number of rotatable bonds is 4. The Hall–Kier alpha value is -0.0800. The van der Waals surface area contributed by atoms with Crippen LogP contribution < -0.4 is 5.32 Å². The van der Waals surface area contributed by atoms with E-state index in [0.717, 1.165) is 12.1 Å². The Morgan fingerprint density at radius 1 is 1.31 bits per heavy atom. The second kappa shape index (κ2) is 5.05. The first-order valence-electron chi connectivity index (χ1n) is 7.13. The molecule has 0 aromatic carbocycles. The third kappa shape index (κ3) is 2.60. The van der Waals surface area contributed by atoms with Gasteiger partial charge in [0.2, 0.25) is 0 Å². The van der Waals surface area contributed by atoms with E-state index in [-0.39, 0.29) is 0 Å². The zero-order chi connectivity index (χ0) is 11.6. The largest absolute Gasteiger partial charge is 0.314 e. The van der Waals surface area contributed by atoms with Crippen LogP contribution in [-0.4, -0.2) is 35.6 Å². The molecule has 0 aromatic heterocycles. The number of likely N-dealkylation sites (tertiary alicyclic amines) is 1. The fourth-order valence-electron chi connectivity index (χ4n) is 3.58. The molecule has 2 rings (SSSR count). The maximum Gasteiger partial charge on any atom is 0.0156 e. The van der Waals surface area contributed by atoms with Crippen LogP contribution in [0.5, 0.6) is 0 Å². The second-order valence-electron chi connectivity index (χ2n) is 6.23. The van der Waals surface area contributed by atoms with E-state index in [9.17, 15) is 0 Å². The molecule has 0 amide bonds. The topological polar surface area (TPSA) is 15.3 Å². The van der Waals surface area contributed by atoms with Gasteiger partial charge in [0.15, 0.2) is 0 Å². The molecule has 2 fully saturated rings. The minimum Gasteiger partial charge on any atom is -0.314 e. The minimum atomic E-state index is 0.463. The van der Waals surface area contributed by atoms with E-state index in [0.29, 0.717) is 5.54 Å². The predicted molar refractivity (Wildman–Crippen MR) is 69.7 cm³/mol. The third-order valence-electron chi connectivity index (χ3n) is 4.49. The summed E-state index contributed by atoms with van der Waals surface area (Å²) < 4.78 is 0. The Kier molecular flexibility index (Phi) is 3.91. The van der Waals surface area contributed by atoms with Gasteiger partial charge in [-0.2, -0.15) is 0 Å². The van der Waals surface area contributed by atoms with Crippen LogP contribution >= 0.6 is 0 Å². The van der Waals surface area contributed by atoms with Crippen LogP contribution in [0.4, 0.5) is 0 Å². The summed E-state index contributed by atoms with van der Waals surface area (Å²) in [5.41, 5.74) is 0.463. The zero-order valence-corrected chi connectivity index (χ0v) is 11.3. The van der Waals surface area contributed by atoms with Gasteiger partial charge in [0.25, 0.3) is 0 Å². The van der Waals surface area contributed by atoms with Gasteiger partial charge in [-0.3, -0.25) is 4.90 Å². The monoisotopic (exact) mass is 224 g/mol. The van der Waals surface area contributed by atoms with Crippen molar-refractivity contribution in [3.05, 3.63) is 0 Å². The number of hydrogen-bond donors (Lipinski definition) is 1. The fraction of sp³-hybridized carbons (Fsp3) is 1.00. The van der Waals surface area contributed by atoms with E-state index in [1.165, 1.54) is 51.6 Å². The Balaban J connectivity index is 1.84. The molecular formula is C14H28N2. The molecule has 0 radical (unpaired) electrons. The lowest BCUT2D eigenvalue weighted by Crippen LogP contribution is -2.45. The van der Waals surface area contributed by atoms with Crippen molar-refractivity contribution in [2.45, 2.75) is 76.9 Å². The number of nitrogens with one attached hydrogen (secondary N) is 1. The summed E-state index contributed by atoms with van der Waals surface area (Å²) in [6.07, 6.45) is 8.22. The molecule has 1 saturated carbocycles. The zero-order valence-electron chi connectivity index (χ0n) is 11.3. The highest BCUT2D eigenvalue weighted by atomic mass is 15.2.